The van der Waals surface area contributed by atoms with Crippen LogP contribution in [0.3, 0.4) is 0 Å². The Hall–Kier alpha value is -2.35. The van der Waals surface area contributed by atoms with E-state index in [1.165, 1.54) is 12.4 Å². The molecule has 0 saturated carbocycles. The maximum Gasteiger partial charge on any atom is 0.225 e. The molecule has 8 heteroatoms. The monoisotopic (exact) mass is 330 g/mol. The van der Waals surface area contributed by atoms with Gasteiger partial charge in [-0.3, -0.25) is 0 Å². The number of piperidine rings is 1. The van der Waals surface area contributed by atoms with Gasteiger partial charge in [0.1, 0.15) is 0 Å². The van der Waals surface area contributed by atoms with E-state index >= 15 is 0 Å². The second kappa shape index (κ2) is 6.27. The van der Waals surface area contributed by atoms with Crippen LogP contribution in [0.5, 0.6) is 0 Å². The van der Waals surface area contributed by atoms with Crippen molar-refractivity contribution >= 4 is 11.9 Å². The average Bonchev–Trinajstić information content (AvgIpc) is 2.64. The van der Waals surface area contributed by atoms with E-state index in [0.717, 1.165) is 45.0 Å². The summed E-state index contributed by atoms with van der Waals surface area (Å²) in [5.74, 6) is 0.910. The van der Waals surface area contributed by atoms with Gasteiger partial charge >= 0.3 is 0 Å². The van der Waals surface area contributed by atoms with Crippen LogP contribution in [0.1, 0.15) is 12.8 Å². The van der Waals surface area contributed by atoms with Crippen molar-refractivity contribution < 1.29 is 9.13 Å². The summed E-state index contributed by atoms with van der Waals surface area (Å²) in [6, 6.07) is 1.82. The van der Waals surface area contributed by atoms with Gasteiger partial charge < -0.3 is 14.5 Å². The number of rotatable bonds is 2. The molecule has 2 aliphatic rings. The normalized spacial score (nSPS) is 20.4. The van der Waals surface area contributed by atoms with Gasteiger partial charge in [0.2, 0.25) is 11.9 Å². The Balaban J connectivity index is 1.44. The van der Waals surface area contributed by atoms with Crippen molar-refractivity contribution in [1.82, 2.24) is 19.9 Å². The summed E-state index contributed by atoms with van der Waals surface area (Å²) in [7, 11) is 0. The Bertz CT molecular complexity index is 675. The molecule has 0 radical (unpaired) electrons. The fourth-order valence-electron chi connectivity index (χ4n) is 3.36. The highest BCUT2D eigenvalue weighted by Crippen LogP contribution is 2.32. The number of hydrogen-bond acceptors (Lipinski definition) is 7. The Morgan fingerprint density at radius 2 is 1.58 bits per heavy atom. The van der Waals surface area contributed by atoms with Gasteiger partial charge in [-0.05, 0) is 18.9 Å². The smallest absolute Gasteiger partial charge is 0.225 e. The molecule has 2 aliphatic heterocycles. The Labute approximate surface area is 139 Å². The first-order chi connectivity index (χ1) is 11.7. The van der Waals surface area contributed by atoms with Crippen molar-refractivity contribution in [3.63, 3.8) is 0 Å². The summed E-state index contributed by atoms with van der Waals surface area (Å²) < 4.78 is 19.1. The quantitative estimate of drug-likeness (QED) is 0.822. The molecule has 0 amide bonds. The van der Waals surface area contributed by atoms with Gasteiger partial charge in [-0.15, -0.1) is 0 Å². The predicted molar refractivity (Wildman–Crippen MR) is 86.4 cm³/mol. The van der Waals surface area contributed by atoms with E-state index in [1.54, 1.807) is 12.4 Å². The molecule has 0 N–H and O–H groups in total. The molecule has 0 atom stereocenters. The fourth-order valence-corrected chi connectivity index (χ4v) is 3.36. The number of anilines is 2. The van der Waals surface area contributed by atoms with Crippen LogP contribution in [0, 0.1) is 5.82 Å². The topological polar surface area (TPSA) is 67.3 Å². The zero-order chi connectivity index (χ0) is 16.4. The van der Waals surface area contributed by atoms with Crippen LogP contribution in [0.2, 0.25) is 0 Å². The zero-order valence-corrected chi connectivity index (χ0v) is 13.3. The molecule has 0 bridgehead atoms. The SMILES string of the molecule is Fc1cnc(N2CCOC3(CCN(c4ncccn4)CC3)C2)nc1. The lowest BCUT2D eigenvalue weighted by atomic mass is 9.89. The fraction of sp³-hybridized carbons (Fsp3) is 0.500. The van der Waals surface area contributed by atoms with Crippen molar-refractivity contribution in [2.75, 3.05) is 42.6 Å². The van der Waals surface area contributed by atoms with Crippen LogP contribution in [-0.4, -0.2) is 58.3 Å². The molecule has 2 aromatic heterocycles. The molecule has 2 saturated heterocycles. The summed E-state index contributed by atoms with van der Waals surface area (Å²) in [6.07, 6.45) is 7.72. The molecule has 2 fully saturated rings. The minimum atomic E-state index is -0.419. The van der Waals surface area contributed by atoms with Gasteiger partial charge in [-0.1, -0.05) is 0 Å². The van der Waals surface area contributed by atoms with Crippen LogP contribution in [0.4, 0.5) is 16.3 Å². The maximum atomic E-state index is 13.0. The number of morpholine rings is 1. The van der Waals surface area contributed by atoms with E-state index in [0.29, 0.717) is 12.6 Å². The van der Waals surface area contributed by atoms with E-state index < -0.39 is 5.82 Å². The minimum absolute atomic E-state index is 0.207. The molecule has 126 valence electrons. The molecule has 0 unspecified atom stereocenters. The Morgan fingerprint density at radius 3 is 2.29 bits per heavy atom. The predicted octanol–water partition coefficient (Wildman–Crippen LogP) is 1.28. The van der Waals surface area contributed by atoms with Gasteiger partial charge in [-0.25, -0.2) is 24.3 Å². The lowest BCUT2D eigenvalue weighted by molar-refractivity contribution is -0.0709. The third-order valence-corrected chi connectivity index (χ3v) is 4.65. The van der Waals surface area contributed by atoms with Gasteiger partial charge in [-0.2, -0.15) is 0 Å². The van der Waals surface area contributed by atoms with Crippen molar-refractivity contribution in [1.29, 1.82) is 0 Å². The molecule has 4 heterocycles. The van der Waals surface area contributed by atoms with Crippen LogP contribution < -0.4 is 9.80 Å². The number of hydrogen-bond donors (Lipinski definition) is 0. The summed E-state index contributed by atoms with van der Waals surface area (Å²) >= 11 is 0. The van der Waals surface area contributed by atoms with Crippen LogP contribution >= 0.6 is 0 Å². The molecule has 1 spiro atoms. The van der Waals surface area contributed by atoms with E-state index in [9.17, 15) is 4.39 Å². The molecule has 0 aromatic carbocycles. The molecule has 4 rings (SSSR count). The molecular formula is C16H19FN6O. The second-order valence-electron chi connectivity index (χ2n) is 6.19. The van der Waals surface area contributed by atoms with Gasteiger partial charge in [0.15, 0.2) is 5.82 Å². The second-order valence-corrected chi connectivity index (χ2v) is 6.19. The van der Waals surface area contributed by atoms with Gasteiger partial charge in [0.05, 0.1) is 31.1 Å². The van der Waals surface area contributed by atoms with Crippen molar-refractivity contribution in [3.8, 4) is 0 Å². The largest absolute Gasteiger partial charge is 0.371 e. The number of aromatic nitrogens is 4. The first-order valence-corrected chi connectivity index (χ1v) is 8.13. The molecular weight excluding hydrogens is 311 g/mol. The summed E-state index contributed by atoms with van der Waals surface area (Å²) in [6.45, 7) is 3.77. The third-order valence-electron chi connectivity index (χ3n) is 4.65. The lowest BCUT2D eigenvalue weighted by Crippen LogP contribution is -2.57. The average molecular weight is 330 g/mol. The molecule has 0 aliphatic carbocycles. The minimum Gasteiger partial charge on any atom is -0.371 e. The van der Waals surface area contributed by atoms with E-state index in [1.807, 2.05) is 6.07 Å². The van der Waals surface area contributed by atoms with Crippen LogP contribution in [0.25, 0.3) is 0 Å². The maximum absolute atomic E-state index is 13.0. The lowest BCUT2D eigenvalue weighted by Gasteiger charge is -2.47. The van der Waals surface area contributed by atoms with Gasteiger partial charge in [0, 0.05) is 32.0 Å². The highest BCUT2D eigenvalue weighted by atomic mass is 19.1. The number of ether oxygens (including phenoxy) is 1. The zero-order valence-electron chi connectivity index (χ0n) is 13.3. The van der Waals surface area contributed by atoms with Crippen LogP contribution in [0.15, 0.2) is 30.9 Å². The van der Waals surface area contributed by atoms with Crippen LogP contribution in [-0.2, 0) is 4.74 Å². The molecule has 24 heavy (non-hydrogen) atoms. The van der Waals surface area contributed by atoms with E-state index in [4.69, 9.17) is 4.74 Å². The number of halogens is 1. The van der Waals surface area contributed by atoms with Crippen molar-refractivity contribution in [2.24, 2.45) is 0 Å². The summed E-state index contributed by atoms with van der Waals surface area (Å²) in [4.78, 5) is 21.1. The van der Waals surface area contributed by atoms with Crippen molar-refractivity contribution in [3.05, 3.63) is 36.7 Å². The Kier molecular flexibility index (Phi) is 3.97. The first-order valence-electron chi connectivity index (χ1n) is 8.13. The summed E-state index contributed by atoms with van der Waals surface area (Å²) in [5, 5.41) is 0. The highest BCUT2D eigenvalue weighted by molar-refractivity contribution is 5.33. The molecule has 2 aromatic rings. The van der Waals surface area contributed by atoms with E-state index in [-0.39, 0.29) is 5.60 Å². The third kappa shape index (κ3) is 3.01. The molecule has 7 nitrogen and oxygen atoms in total. The Morgan fingerprint density at radius 1 is 0.917 bits per heavy atom. The first kappa shape index (κ1) is 15.2. The number of nitrogens with zero attached hydrogens (tertiary/aromatic N) is 6. The van der Waals surface area contributed by atoms with Gasteiger partial charge in [0.25, 0.3) is 0 Å². The van der Waals surface area contributed by atoms with E-state index in [2.05, 4.69) is 29.7 Å². The highest BCUT2D eigenvalue weighted by Gasteiger charge is 2.40. The standard InChI is InChI=1S/C16H19FN6O/c17-13-10-20-15(21-11-13)23-8-9-24-16(12-23)2-6-22(7-3-16)14-18-4-1-5-19-14/h1,4-5,10-11H,2-3,6-9,12H2. The summed E-state index contributed by atoms with van der Waals surface area (Å²) in [5.41, 5.74) is -0.207. The van der Waals surface area contributed by atoms with Crippen molar-refractivity contribution in [2.45, 2.75) is 18.4 Å².